The molecule has 0 saturated carbocycles. The van der Waals surface area contributed by atoms with Crippen LogP contribution in [-0.4, -0.2) is 4.98 Å². The lowest BCUT2D eigenvalue weighted by molar-refractivity contribution is 0.640. The lowest BCUT2D eigenvalue weighted by atomic mass is 10.0. The third kappa shape index (κ3) is 1.70. The summed E-state index contributed by atoms with van der Waals surface area (Å²) in [6.07, 6.45) is 1.66. The van der Waals surface area contributed by atoms with Gasteiger partial charge in [0.15, 0.2) is 0 Å². The topological polar surface area (TPSA) is 38.9 Å². The van der Waals surface area contributed by atoms with E-state index in [4.69, 9.17) is 5.73 Å². The number of halogens is 1. The molecule has 0 saturated heterocycles. The second-order valence-electron chi connectivity index (χ2n) is 4.11. The molecule has 0 radical (unpaired) electrons. The molecule has 0 aliphatic rings. The first-order valence-electron chi connectivity index (χ1n) is 5.65. The van der Waals surface area contributed by atoms with E-state index in [1.807, 2.05) is 18.2 Å². The molecule has 2 nitrogen and oxygen atoms in total. The van der Waals surface area contributed by atoms with Crippen LogP contribution in [0.1, 0.15) is 0 Å². The molecule has 0 amide bonds. The van der Waals surface area contributed by atoms with Crippen LogP contribution in [0.3, 0.4) is 0 Å². The zero-order chi connectivity index (χ0) is 12.5. The molecule has 0 aliphatic heterocycles. The van der Waals surface area contributed by atoms with E-state index in [1.54, 1.807) is 30.5 Å². The summed E-state index contributed by atoms with van der Waals surface area (Å²) in [4.78, 5) is 4.29. The highest BCUT2D eigenvalue weighted by molar-refractivity contribution is 5.96. The molecule has 0 aliphatic carbocycles. The van der Waals surface area contributed by atoms with Crippen LogP contribution in [-0.2, 0) is 0 Å². The van der Waals surface area contributed by atoms with Crippen LogP contribution in [0.15, 0.2) is 54.7 Å². The van der Waals surface area contributed by atoms with Crippen LogP contribution in [0, 0.1) is 5.82 Å². The van der Waals surface area contributed by atoms with Gasteiger partial charge in [-0.15, -0.1) is 0 Å². The predicted molar refractivity (Wildman–Crippen MR) is 71.5 cm³/mol. The van der Waals surface area contributed by atoms with Crippen molar-refractivity contribution in [1.82, 2.24) is 4.98 Å². The SMILES string of the molecule is Nc1ccnc(-c2ccc(F)c3ccccc23)c1. The average Bonchev–Trinajstić information content (AvgIpc) is 2.39. The van der Waals surface area contributed by atoms with Crippen molar-refractivity contribution >= 4 is 16.5 Å². The van der Waals surface area contributed by atoms with Gasteiger partial charge in [0.1, 0.15) is 5.82 Å². The molecule has 3 aromatic rings. The van der Waals surface area contributed by atoms with Crippen molar-refractivity contribution in [2.45, 2.75) is 0 Å². The molecule has 0 bridgehead atoms. The zero-order valence-corrected chi connectivity index (χ0v) is 9.60. The van der Waals surface area contributed by atoms with E-state index in [0.29, 0.717) is 11.1 Å². The summed E-state index contributed by atoms with van der Waals surface area (Å²) >= 11 is 0. The van der Waals surface area contributed by atoms with Crippen molar-refractivity contribution in [2.75, 3.05) is 5.73 Å². The van der Waals surface area contributed by atoms with Gasteiger partial charge >= 0.3 is 0 Å². The average molecular weight is 238 g/mol. The Balaban J connectivity index is 2.33. The van der Waals surface area contributed by atoms with Gasteiger partial charge < -0.3 is 5.73 Å². The third-order valence-corrected chi connectivity index (χ3v) is 2.93. The highest BCUT2D eigenvalue weighted by atomic mass is 19.1. The summed E-state index contributed by atoms with van der Waals surface area (Å²) in [5.74, 6) is -0.224. The Morgan fingerprint density at radius 1 is 0.944 bits per heavy atom. The number of nitrogens with zero attached hydrogens (tertiary/aromatic N) is 1. The number of benzene rings is 2. The van der Waals surface area contributed by atoms with E-state index in [-0.39, 0.29) is 5.82 Å². The van der Waals surface area contributed by atoms with Gasteiger partial charge in [-0.25, -0.2) is 4.39 Å². The molecular formula is C15H11FN2. The fraction of sp³-hybridized carbons (Fsp3) is 0. The highest BCUT2D eigenvalue weighted by Gasteiger charge is 2.08. The maximum atomic E-state index is 13.7. The Kier molecular flexibility index (Phi) is 2.45. The molecule has 3 rings (SSSR count). The molecule has 1 heterocycles. The van der Waals surface area contributed by atoms with E-state index in [2.05, 4.69) is 4.98 Å². The Labute approximate surface area is 104 Å². The normalized spacial score (nSPS) is 10.7. The van der Waals surface area contributed by atoms with E-state index in [1.165, 1.54) is 6.07 Å². The molecule has 0 fully saturated rings. The summed E-state index contributed by atoms with van der Waals surface area (Å²) in [5, 5.41) is 1.44. The zero-order valence-electron chi connectivity index (χ0n) is 9.60. The first-order valence-corrected chi connectivity index (χ1v) is 5.65. The second kappa shape index (κ2) is 4.11. The van der Waals surface area contributed by atoms with E-state index >= 15 is 0 Å². The Bertz CT molecular complexity index is 723. The number of aromatic nitrogens is 1. The van der Waals surface area contributed by atoms with Crippen molar-refractivity contribution in [1.29, 1.82) is 0 Å². The van der Waals surface area contributed by atoms with Gasteiger partial charge in [-0.2, -0.15) is 0 Å². The van der Waals surface area contributed by atoms with Crippen LogP contribution in [0.4, 0.5) is 10.1 Å². The summed E-state index contributed by atoms with van der Waals surface area (Å²) < 4.78 is 13.7. The quantitative estimate of drug-likeness (QED) is 0.703. The first-order chi connectivity index (χ1) is 8.75. The van der Waals surface area contributed by atoms with Gasteiger partial charge in [-0.3, -0.25) is 4.98 Å². The van der Waals surface area contributed by atoms with Gasteiger partial charge in [0.05, 0.1) is 5.69 Å². The summed E-state index contributed by atoms with van der Waals surface area (Å²) in [7, 11) is 0. The third-order valence-electron chi connectivity index (χ3n) is 2.93. The van der Waals surface area contributed by atoms with E-state index in [0.717, 1.165) is 16.6 Å². The Morgan fingerprint density at radius 2 is 1.72 bits per heavy atom. The maximum Gasteiger partial charge on any atom is 0.131 e. The number of hydrogen-bond donors (Lipinski definition) is 1. The standard InChI is InChI=1S/C15H11FN2/c16-14-6-5-13(11-3-1-2-4-12(11)14)15-9-10(17)7-8-18-15/h1-9H,(H2,17,18). The molecule has 18 heavy (non-hydrogen) atoms. The number of hydrogen-bond acceptors (Lipinski definition) is 2. The Hall–Kier alpha value is -2.42. The molecule has 0 atom stereocenters. The summed E-state index contributed by atoms with van der Waals surface area (Å²) in [6, 6.07) is 14.1. The molecule has 0 unspecified atom stereocenters. The summed E-state index contributed by atoms with van der Waals surface area (Å²) in [5.41, 5.74) is 8.05. The van der Waals surface area contributed by atoms with Gasteiger partial charge in [0.25, 0.3) is 0 Å². The van der Waals surface area contributed by atoms with Gasteiger partial charge in [-0.1, -0.05) is 24.3 Å². The van der Waals surface area contributed by atoms with Crippen LogP contribution in [0.25, 0.3) is 22.0 Å². The van der Waals surface area contributed by atoms with Crippen LogP contribution in [0.5, 0.6) is 0 Å². The molecule has 3 heteroatoms. The lowest BCUT2D eigenvalue weighted by Gasteiger charge is -2.07. The molecule has 1 aromatic heterocycles. The largest absolute Gasteiger partial charge is 0.399 e. The van der Waals surface area contributed by atoms with Gasteiger partial charge in [-0.05, 0) is 29.7 Å². The summed E-state index contributed by atoms with van der Waals surface area (Å²) in [6.45, 7) is 0. The Morgan fingerprint density at radius 3 is 2.50 bits per heavy atom. The fourth-order valence-electron chi connectivity index (χ4n) is 2.08. The maximum absolute atomic E-state index is 13.7. The van der Waals surface area contributed by atoms with E-state index in [9.17, 15) is 4.39 Å². The van der Waals surface area contributed by atoms with Crippen molar-refractivity contribution in [3.8, 4) is 11.3 Å². The van der Waals surface area contributed by atoms with Crippen molar-refractivity contribution < 1.29 is 4.39 Å². The van der Waals surface area contributed by atoms with Crippen molar-refractivity contribution in [3.63, 3.8) is 0 Å². The first kappa shape index (κ1) is 10.7. The smallest absolute Gasteiger partial charge is 0.131 e. The van der Waals surface area contributed by atoms with Gasteiger partial charge in [0.2, 0.25) is 0 Å². The number of fused-ring (bicyclic) bond motifs is 1. The number of nitrogen functional groups attached to an aromatic ring is 1. The number of pyridine rings is 1. The van der Waals surface area contributed by atoms with Gasteiger partial charge in [0, 0.05) is 22.8 Å². The predicted octanol–water partition coefficient (Wildman–Crippen LogP) is 3.62. The minimum Gasteiger partial charge on any atom is -0.399 e. The van der Waals surface area contributed by atoms with Crippen LogP contribution >= 0.6 is 0 Å². The molecule has 2 N–H and O–H groups in total. The molecule has 88 valence electrons. The lowest BCUT2D eigenvalue weighted by Crippen LogP contribution is -1.90. The fourth-order valence-corrected chi connectivity index (χ4v) is 2.08. The molecule has 0 spiro atoms. The number of nitrogens with two attached hydrogens (primary N) is 1. The minimum absolute atomic E-state index is 0.224. The van der Waals surface area contributed by atoms with Crippen LogP contribution < -0.4 is 5.73 Å². The molecular weight excluding hydrogens is 227 g/mol. The monoisotopic (exact) mass is 238 g/mol. The minimum atomic E-state index is -0.224. The van der Waals surface area contributed by atoms with Crippen molar-refractivity contribution in [2.24, 2.45) is 0 Å². The second-order valence-corrected chi connectivity index (χ2v) is 4.11. The molecule has 2 aromatic carbocycles. The van der Waals surface area contributed by atoms with Crippen molar-refractivity contribution in [3.05, 3.63) is 60.5 Å². The number of anilines is 1. The van der Waals surface area contributed by atoms with E-state index < -0.39 is 0 Å². The number of rotatable bonds is 1. The highest BCUT2D eigenvalue weighted by Crippen LogP contribution is 2.29. The van der Waals surface area contributed by atoms with Crippen LogP contribution in [0.2, 0.25) is 0 Å².